The lowest BCUT2D eigenvalue weighted by Crippen LogP contribution is -2.39. The van der Waals surface area contributed by atoms with Gasteiger partial charge in [0.25, 0.3) is 0 Å². The van der Waals surface area contributed by atoms with Crippen LogP contribution in [-0.2, 0) is 4.79 Å². The number of amides is 1. The molecule has 0 spiro atoms. The number of carbonyl (C=O) groups is 1. The van der Waals surface area contributed by atoms with E-state index in [1.807, 2.05) is 26.8 Å². The Morgan fingerprint density at radius 2 is 2.00 bits per heavy atom. The number of hydrogen-bond donors (Lipinski definition) is 2. The summed E-state index contributed by atoms with van der Waals surface area (Å²) in [7, 11) is 0. The van der Waals surface area contributed by atoms with Gasteiger partial charge in [0.2, 0.25) is 5.91 Å². The smallest absolute Gasteiger partial charge is 0.241 e. The van der Waals surface area contributed by atoms with Crippen LogP contribution >= 0.6 is 24.0 Å². The van der Waals surface area contributed by atoms with Gasteiger partial charge >= 0.3 is 0 Å². The summed E-state index contributed by atoms with van der Waals surface area (Å²) in [6, 6.07) is 4.89. The van der Waals surface area contributed by atoms with Crippen LogP contribution in [0.5, 0.6) is 0 Å². The second-order valence-corrected chi connectivity index (χ2v) is 4.58. The quantitative estimate of drug-likeness (QED) is 0.892. The monoisotopic (exact) mass is 276 g/mol. The average molecular weight is 277 g/mol. The molecule has 0 aliphatic carbocycles. The molecule has 0 fully saturated rings. The Morgan fingerprint density at radius 1 is 1.41 bits per heavy atom. The van der Waals surface area contributed by atoms with Crippen LogP contribution < -0.4 is 11.1 Å². The number of halogens is 2. The molecule has 0 saturated heterocycles. The molecule has 0 aliphatic rings. The van der Waals surface area contributed by atoms with Gasteiger partial charge in [0.1, 0.15) is 0 Å². The van der Waals surface area contributed by atoms with Crippen LogP contribution in [0.2, 0.25) is 5.02 Å². The SMILES string of the molecule is Cc1c(Cl)cccc1NC(=O)C(N)C(C)C.Cl. The molecule has 17 heavy (non-hydrogen) atoms. The molecular formula is C12H18Cl2N2O. The molecule has 96 valence electrons. The summed E-state index contributed by atoms with van der Waals surface area (Å²) in [5.74, 6) is -0.0696. The Morgan fingerprint density at radius 3 is 2.53 bits per heavy atom. The fourth-order valence-electron chi connectivity index (χ4n) is 1.26. The molecule has 1 aromatic carbocycles. The largest absolute Gasteiger partial charge is 0.324 e. The highest BCUT2D eigenvalue weighted by Gasteiger charge is 2.17. The molecule has 1 unspecified atom stereocenters. The number of benzene rings is 1. The van der Waals surface area contributed by atoms with E-state index in [9.17, 15) is 4.79 Å². The Hall–Kier alpha value is -0.770. The van der Waals surface area contributed by atoms with Crippen LogP contribution in [0.3, 0.4) is 0 Å². The lowest BCUT2D eigenvalue weighted by Gasteiger charge is -2.16. The second kappa shape index (κ2) is 6.84. The van der Waals surface area contributed by atoms with Crippen molar-refractivity contribution < 1.29 is 4.79 Å². The maximum absolute atomic E-state index is 11.7. The summed E-state index contributed by atoms with van der Waals surface area (Å²) in [4.78, 5) is 11.7. The van der Waals surface area contributed by atoms with Crippen LogP contribution in [0.15, 0.2) is 18.2 Å². The minimum Gasteiger partial charge on any atom is -0.324 e. The maximum Gasteiger partial charge on any atom is 0.241 e. The average Bonchev–Trinajstić information content (AvgIpc) is 2.23. The zero-order valence-electron chi connectivity index (χ0n) is 10.2. The van der Waals surface area contributed by atoms with E-state index in [4.69, 9.17) is 17.3 Å². The van der Waals surface area contributed by atoms with Gasteiger partial charge in [-0.3, -0.25) is 4.79 Å². The summed E-state index contributed by atoms with van der Waals surface area (Å²) in [5.41, 5.74) is 7.32. The van der Waals surface area contributed by atoms with Gasteiger partial charge in [0.15, 0.2) is 0 Å². The van der Waals surface area contributed by atoms with Crippen molar-refractivity contribution in [1.82, 2.24) is 0 Å². The van der Waals surface area contributed by atoms with E-state index in [0.29, 0.717) is 10.7 Å². The highest BCUT2D eigenvalue weighted by molar-refractivity contribution is 6.31. The van der Waals surface area contributed by atoms with E-state index in [0.717, 1.165) is 5.56 Å². The van der Waals surface area contributed by atoms with Crippen molar-refractivity contribution in [3.63, 3.8) is 0 Å². The molecule has 1 aromatic rings. The third-order valence-corrected chi connectivity index (χ3v) is 2.96. The van der Waals surface area contributed by atoms with E-state index in [1.165, 1.54) is 0 Å². The van der Waals surface area contributed by atoms with Gasteiger partial charge in [-0.2, -0.15) is 0 Å². The van der Waals surface area contributed by atoms with Gasteiger partial charge in [-0.05, 0) is 30.5 Å². The zero-order valence-corrected chi connectivity index (χ0v) is 11.7. The third kappa shape index (κ3) is 4.19. The van der Waals surface area contributed by atoms with Crippen molar-refractivity contribution in [3.05, 3.63) is 28.8 Å². The molecule has 3 N–H and O–H groups in total. The summed E-state index contributed by atoms with van der Waals surface area (Å²) in [5, 5.41) is 3.42. The van der Waals surface area contributed by atoms with Gasteiger partial charge in [-0.1, -0.05) is 31.5 Å². The normalized spacial score (nSPS) is 11.9. The summed E-state index contributed by atoms with van der Waals surface area (Å²) in [6.07, 6.45) is 0. The van der Waals surface area contributed by atoms with Crippen molar-refractivity contribution in [2.75, 3.05) is 5.32 Å². The zero-order chi connectivity index (χ0) is 12.3. The maximum atomic E-state index is 11.7. The molecule has 0 aromatic heterocycles. The molecule has 1 rings (SSSR count). The van der Waals surface area contributed by atoms with Crippen molar-refractivity contribution >= 4 is 35.6 Å². The van der Waals surface area contributed by atoms with E-state index in [2.05, 4.69) is 5.32 Å². The molecule has 0 bridgehead atoms. The summed E-state index contributed by atoms with van der Waals surface area (Å²) >= 11 is 5.96. The van der Waals surface area contributed by atoms with Crippen LogP contribution in [-0.4, -0.2) is 11.9 Å². The number of carbonyl (C=O) groups excluding carboxylic acids is 1. The topological polar surface area (TPSA) is 55.1 Å². The number of hydrogen-bond acceptors (Lipinski definition) is 2. The molecule has 0 radical (unpaired) electrons. The molecule has 1 amide bonds. The fourth-order valence-corrected chi connectivity index (χ4v) is 1.44. The van der Waals surface area contributed by atoms with E-state index in [1.54, 1.807) is 12.1 Å². The second-order valence-electron chi connectivity index (χ2n) is 4.17. The third-order valence-electron chi connectivity index (χ3n) is 2.55. The highest BCUT2D eigenvalue weighted by atomic mass is 35.5. The molecule has 0 saturated carbocycles. The van der Waals surface area contributed by atoms with E-state index >= 15 is 0 Å². The molecule has 0 aliphatic heterocycles. The summed E-state index contributed by atoms with van der Waals surface area (Å²) < 4.78 is 0. The standard InChI is InChI=1S/C12H17ClN2O.ClH/c1-7(2)11(14)12(16)15-10-6-4-5-9(13)8(10)3;/h4-7,11H,14H2,1-3H3,(H,15,16);1H. The first-order valence-electron chi connectivity index (χ1n) is 5.25. The van der Waals surface area contributed by atoms with Gasteiger partial charge in [-0.15, -0.1) is 12.4 Å². The van der Waals surface area contributed by atoms with E-state index < -0.39 is 6.04 Å². The lowest BCUT2D eigenvalue weighted by molar-refractivity contribution is -0.118. The van der Waals surface area contributed by atoms with Gasteiger partial charge < -0.3 is 11.1 Å². The predicted octanol–water partition coefficient (Wildman–Crippen LogP) is 2.99. The van der Waals surface area contributed by atoms with Crippen molar-refractivity contribution in [2.45, 2.75) is 26.8 Å². The number of rotatable bonds is 3. The Kier molecular flexibility index (Phi) is 6.53. The van der Waals surface area contributed by atoms with Crippen molar-refractivity contribution in [1.29, 1.82) is 0 Å². The molecule has 3 nitrogen and oxygen atoms in total. The predicted molar refractivity (Wildman–Crippen MR) is 74.9 cm³/mol. The molecule has 5 heteroatoms. The number of nitrogens with two attached hydrogens (primary N) is 1. The van der Waals surface area contributed by atoms with Crippen molar-refractivity contribution in [2.24, 2.45) is 11.7 Å². The fraction of sp³-hybridized carbons (Fsp3) is 0.417. The van der Waals surface area contributed by atoms with Crippen LogP contribution in [0.25, 0.3) is 0 Å². The Labute approximate surface area is 113 Å². The van der Waals surface area contributed by atoms with Crippen LogP contribution in [0.4, 0.5) is 5.69 Å². The minimum absolute atomic E-state index is 0. The first kappa shape index (κ1) is 16.2. The minimum atomic E-state index is -0.501. The lowest BCUT2D eigenvalue weighted by atomic mass is 10.0. The van der Waals surface area contributed by atoms with Crippen LogP contribution in [0.1, 0.15) is 19.4 Å². The number of anilines is 1. The van der Waals surface area contributed by atoms with E-state index in [-0.39, 0.29) is 24.2 Å². The first-order chi connectivity index (χ1) is 7.43. The Balaban J connectivity index is 0.00000256. The highest BCUT2D eigenvalue weighted by Crippen LogP contribution is 2.23. The first-order valence-corrected chi connectivity index (χ1v) is 5.63. The molecular weight excluding hydrogens is 259 g/mol. The molecule has 1 atom stereocenters. The summed E-state index contributed by atoms with van der Waals surface area (Å²) in [6.45, 7) is 5.68. The van der Waals surface area contributed by atoms with Gasteiger partial charge in [-0.25, -0.2) is 0 Å². The van der Waals surface area contributed by atoms with Gasteiger partial charge in [0, 0.05) is 10.7 Å². The van der Waals surface area contributed by atoms with Gasteiger partial charge in [0.05, 0.1) is 6.04 Å². The number of nitrogens with one attached hydrogen (secondary N) is 1. The van der Waals surface area contributed by atoms with Crippen molar-refractivity contribution in [3.8, 4) is 0 Å². The Bertz CT molecular complexity index is 394. The van der Waals surface area contributed by atoms with Crippen LogP contribution in [0, 0.1) is 12.8 Å². The molecule has 0 heterocycles.